The molecule has 0 radical (unpaired) electrons. The van der Waals surface area contributed by atoms with E-state index < -0.39 is 0 Å². The standard InChI is InChI=1S/C17H22N2S/c1-10-7-12(3)14(8-11(10)2)17(19-18)16-9-13-5-4-6-15(13)20-16/h7-9,17,19H,4-6,18H2,1-3H3. The van der Waals surface area contributed by atoms with Crippen LogP contribution in [0.25, 0.3) is 0 Å². The van der Waals surface area contributed by atoms with Crippen molar-refractivity contribution in [3.63, 3.8) is 0 Å². The summed E-state index contributed by atoms with van der Waals surface area (Å²) in [5.74, 6) is 5.87. The minimum absolute atomic E-state index is 0.116. The second-order valence-corrected chi connectivity index (χ2v) is 7.01. The van der Waals surface area contributed by atoms with Gasteiger partial charge in [-0.15, -0.1) is 11.3 Å². The van der Waals surface area contributed by atoms with E-state index in [1.807, 2.05) is 11.3 Å². The predicted molar refractivity (Wildman–Crippen MR) is 86.2 cm³/mol. The van der Waals surface area contributed by atoms with Gasteiger partial charge >= 0.3 is 0 Å². The molecule has 1 aliphatic rings. The summed E-state index contributed by atoms with van der Waals surface area (Å²) in [5.41, 5.74) is 9.84. The van der Waals surface area contributed by atoms with Crippen LogP contribution in [0.2, 0.25) is 0 Å². The molecule has 0 saturated carbocycles. The molecule has 3 heteroatoms. The molecule has 106 valence electrons. The van der Waals surface area contributed by atoms with Crippen molar-refractivity contribution in [1.29, 1.82) is 0 Å². The van der Waals surface area contributed by atoms with Crippen molar-refractivity contribution in [1.82, 2.24) is 5.43 Å². The molecule has 3 rings (SSSR count). The van der Waals surface area contributed by atoms with Gasteiger partial charge in [0.05, 0.1) is 6.04 Å². The lowest BCUT2D eigenvalue weighted by Gasteiger charge is -2.19. The molecule has 3 N–H and O–H groups in total. The van der Waals surface area contributed by atoms with Crippen LogP contribution in [0, 0.1) is 20.8 Å². The van der Waals surface area contributed by atoms with Gasteiger partial charge in [-0.1, -0.05) is 12.1 Å². The lowest BCUT2D eigenvalue weighted by Crippen LogP contribution is -2.29. The number of nitrogens with two attached hydrogens (primary N) is 1. The Hall–Kier alpha value is -1.16. The van der Waals surface area contributed by atoms with Gasteiger partial charge in [0.15, 0.2) is 0 Å². The van der Waals surface area contributed by atoms with Crippen molar-refractivity contribution in [2.45, 2.75) is 46.1 Å². The van der Waals surface area contributed by atoms with Gasteiger partial charge in [-0.25, -0.2) is 5.43 Å². The molecule has 0 spiro atoms. The summed E-state index contributed by atoms with van der Waals surface area (Å²) in [6.07, 6.45) is 3.78. The molecule has 1 aromatic carbocycles. The molecule has 20 heavy (non-hydrogen) atoms. The highest BCUT2D eigenvalue weighted by Crippen LogP contribution is 2.37. The van der Waals surface area contributed by atoms with E-state index in [1.165, 1.54) is 52.0 Å². The Morgan fingerprint density at radius 3 is 2.50 bits per heavy atom. The Kier molecular flexibility index (Phi) is 3.67. The molecule has 1 aromatic heterocycles. The maximum atomic E-state index is 5.87. The summed E-state index contributed by atoms with van der Waals surface area (Å²) in [6, 6.07) is 7.01. The van der Waals surface area contributed by atoms with Crippen molar-refractivity contribution in [2.75, 3.05) is 0 Å². The van der Waals surface area contributed by atoms with Crippen molar-refractivity contribution in [3.8, 4) is 0 Å². The van der Waals surface area contributed by atoms with E-state index in [-0.39, 0.29) is 6.04 Å². The van der Waals surface area contributed by atoms with Gasteiger partial charge in [0, 0.05) is 9.75 Å². The quantitative estimate of drug-likeness (QED) is 0.667. The lowest BCUT2D eigenvalue weighted by molar-refractivity contribution is 0.642. The van der Waals surface area contributed by atoms with E-state index in [4.69, 9.17) is 5.84 Å². The third-order valence-corrected chi connectivity index (χ3v) is 5.71. The number of aryl methyl sites for hydroxylation is 5. The topological polar surface area (TPSA) is 38.0 Å². The van der Waals surface area contributed by atoms with Gasteiger partial charge in [0.25, 0.3) is 0 Å². The molecule has 0 fully saturated rings. The number of rotatable bonds is 3. The van der Waals surface area contributed by atoms with Gasteiger partial charge < -0.3 is 0 Å². The number of hydrazine groups is 1. The average molecular weight is 286 g/mol. The van der Waals surface area contributed by atoms with Crippen LogP contribution < -0.4 is 11.3 Å². The fourth-order valence-corrected chi connectivity index (χ4v) is 4.45. The van der Waals surface area contributed by atoms with E-state index in [9.17, 15) is 0 Å². The summed E-state index contributed by atoms with van der Waals surface area (Å²) >= 11 is 1.93. The molecule has 0 bridgehead atoms. The molecular weight excluding hydrogens is 264 g/mol. The SMILES string of the molecule is Cc1cc(C)c(C(NN)c2cc3c(s2)CCC3)cc1C. The summed E-state index contributed by atoms with van der Waals surface area (Å²) in [7, 11) is 0. The smallest absolute Gasteiger partial charge is 0.0805 e. The van der Waals surface area contributed by atoms with E-state index in [1.54, 1.807) is 4.88 Å². The third-order valence-electron chi connectivity index (χ3n) is 4.41. The molecular formula is C17H22N2S. The molecule has 1 unspecified atom stereocenters. The largest absolute Gasteiger partial charge is 0.271 e. The Balaban J connectivity index is 2.03. The fraction of sp³-hybridized carbons (Fsp3) is 0.412. The van der Waals surface area contributed by atoms with Crippen LogP contribution in [0.1, 0.15) is 50.0 Å². The molecule has 1 aliphatic carbocycles. The number of fused-ring (bicyclic) bond motifs is 1. The number of benzene rings is 1. The highest BCUT2D eigenvalue weighted by molar-refractivity contribution is 7.12. The van der Waals surface area contributed by atoms with Crippen molar-refractivity contribution in [2.24, 2.45) is 5.84 Å². The minimum Gasteiger partial charge on any atom is -0.271 e. The van der Waals surface area contributed by atoms with E-state index in [2.05, 4.69) is 44.4 Å². The third kappa shape index (κ3) is 2.30. The molecule has 0 aliphatic heterocycles. The first-order valence-electron chi connectivity index (χ1n) is 7.25. The fourth-order valence-electron chi connectivity index (χ4n) is 3.11. The Labute approximate surface area is 125 Å². The highest BCUT2D eigenvalue weighted by atomic mass is 32.1. The molecule has 1 heterocycles. The summed E-state index contributed by atoms with van der Waals surface area (Å²) in [4.78, 5) is 2.91. The van der Waals surface area contributed by atoms with Gasteiger partial charge in [-0.05, 0) is 73.9 Å². The first-order chi connectivity index (χ1) is 9.60. The lowest BCUT2D eigenvalue weighted by atomic mass is 9.95. The van der Waals surface area contributed by atoms with Gasteiger partial charge in [-0.3, -0.25) is 5.84 Å². The average Bonchev–Trinajstić information content (AvgIpc) is 2.97. The van der Waals surface area contributed by atoms with Crippen molar-refractivity contribution < 1.29 is 0 Å². The van der Waals surface area contributed by atoms with Gasteiger partial charge in [0.2, 0.25) is 0 Å². The molecule has 2 nitrogen and oxygen atoms in total. The van der Waals surface area contributed by atoms with E-state index in [0.29, 0.717) is 0 Å². The predicted octanol–water partition coefficient (Wildman–Crippen LogP) is 3.71. The number of nitrogens with one attached hydrogen (secondary N) is 1. The first kappa shape index (κ1) is 13.8. The Bertz CT molecular complexity index is 621. The van der Waals surface area contributed by atoms with E-state index >= 15 is 0 Å². The van der Waals surface area contributed by atoms with E-state index in [0.717, 1.165) is 0 Å². The van der Waals surface area contributed by atoms with Gasteiger partial charge in [-0.2, -0.15) is 0 Å². The second kappa shape index (κ2) is 5.32. The van der Waals surface area contributed by atoms with Crippen LogP contribution in [0.4, 0.5) is 0 Å². The normalized spacial score (nSPS) is 15.4. The maximum absolute atomic E-state index is 5.87. The summed E-state index contributed by atoms with van der Waals surface area (Å²) in [5, 5.41) is 0. The number of thiophene rings is 1. The van der Waals surface area contributed by atoms with Gasteiger partial charge in [0.1, 0.15) is 0 Å². The van der Waals surface area contributed by atoms with Crippen LogP contribution in [0.15, 0.2) is 18.2 Å². The van der Waals surface area contributed by atoms with Crippen molar-refractivity contribution in [3.05, 3.63) is 55.8 Å². The maximum Gasteiger partial charge on any atom is 0.0805 e. The second-order valence-electron chi connectivity index (χ2n) is 5.84. The summed E-state index contributed by atoms with van der Waals surface area (Å²) in [6.45, 7) is 6.50. The zero-order valence-electron chi connectivity index (χ0n) is 12.4. The zero-order valence-corrected chi connectivity index (χ0v) is 13.2. The number of hydrogen-bond acceptors (Lipinski definition) is 3. The highest BCUT2D eigenvalue weighted by Gasteiger charge is 2.22. The Morgan fingerprint density at radius 2 is 1.80 bits per heavy atom. The molecule has 1 atom stereocenters. The van der Waals surface area contributed by atoms with Crippen LogP contribution in [-0.2, 0) is 12.8 Å². The molecule has 0 saturated heterocycles. The minimum atomic E-state index is 0.116. The molecule has 0 amide bonds. The van der Waals surface area contributed by atoms with Crippen LogP contribution >= 0.6 is 11.3 Å². The zero-order chi connectivity index (χ0) is 14.3. The first-order valence-corrected chi connectivity index (χ1v) is 8.07. The summed E-state index contributed by atoms with van der Waals surface area (Å²) < 4.78 is 0. The van der Waals surface area contributed by atoms with Crippen LogP contribution in [-0.4, -0.2) is 0 Å². The monoisotopic (exact) mass is 286 g/mol. The molecule has 2 aromatic rings. The number of hydrogen-bond donors (Lipinski definition) is 2. The van der Waals surface area contributed by atoms with Crippen LogP contribution in [0.3, 0.4) is 0 Å². The Morgan fingerprint density at radius 1 is 1.05 bits per heavy atom. The van der Waals surface area contributed by atoms with Crippen LogP contribution in [0.5, 0.6) is 0 Å². The van der Waals surface area contributed by atoms with Crippen molar-refractivity contribution >= 4 is 11.3 Å².